The zero-order chi connectivity index (χ0) is 14.1. The third kappa shape index (κ3) is 5.83. The Balaban J connectivity index is 2.28. The molecule has 0 aromatic heterocycles. The topological polar surface area (TPSA) is 67.6 Å². The van der Waals surface area contributed by atoms with E-state index in [2.05, 4.69) is 10.2 Å². The molecule has 0 aliphatic carbocycles. The molecule has 0 fully saturated rings. The number of nitrogens with one attached hydrogen (secondary N) is 1. The van der Waals surface area contributed by atoms with Gasteiger partial charge in [-0.2, -0.15) is 0 Å². The Hall–Kier alpha value is -1.43. The van der Waals surface area contributed by atoms with E-state index in [-0.39, 0.29) is 5.91 Å². The van der Waals surface area contributed by atoms with Crippen LogP contribution in [0.3, 0.4) is 0 Å². The lowest BCUT2D eigenvalue weighted by Gasteiger charge is -2.17. The molecule has 1 atom stereocenters. The Kier molecular flexibility index (Phi) is 7.10. The van der Waals surface area contributed by atoms with Gasteiger partial charge in [-0.05, 0) is 12.6 Å². The van der Waals surface area contributed by atoms with Crippen LogP contribution in [-0.4, -0.2) is 51.2 Å². The summed E-state index contributed by atoms with van der Waals surface area (Å²) in [6.07, 6.45) is 0. The van der Waals surface area contributed by atoms with E-state index in [1.165, 1.54) is 0 Å². The number of amides is 1. The van der Waals surface area contributed by atoms with Crippen molar-refractivity contribution in [2.24, 2.45) is 5.73 Å². The first-order chi connectivity index (χ1) is 9.15. The van der Waals surface area contributed by atoms with Crippen molar-refractivity contribution in [2.75, 3.05) is 40.4 Å². The summed E-state index contributed by atoms with van der Waals surface area (Å²) in [6, 6.07) is 8.76. The van der Waals surface area contributed by atoms with Crippen LogP contribution in [0.1, 0.15) is 11.6 Å². The van der Waals surface area contributed by atoms with Crippen LogP contribution in [0.2, 0.25) is 0 Å². The minimum atomic E-state index is -0.606. The molecular weight excluding hydrogens is 242 g/mol. The number of nitrogens with zero attached hydrogens (tertiary/aromatic N) is 1. The van der Waals surface area contributed by atoms with Crippen molar-refractivity contribution >= 4 is 5.91 Å². The van der Waals surface area contributed by atoms with E-state index in [0.29, 0.717) is 13.2 Å². The molecule has 0 radical (unpaired) electrons. The quantitative estimate of drug-likeness (QED) is 0.713. The highest BCUT2D eigenvalue weighted by molar-refractivity contribution is 5.82. The molecule has 0 bridgehead atoms. The summed E-state index contributed by atoms with van der Waals surface area (Å²) in [5, 5.41) is 2.84. The molecule has 106 valence electrons. The smallest absolute Gasteiger partial charge is 0.241 e. The van der Waals surface area contributed by atoms with Gasteiger partial charge in [-0.1, -0.05) is 30.3 Å². The van der Waals surface area contributed by atoms with Crippen molar-refractivity contribution in [3.05, 3.63) is 35.9 Å². The Morgan fingerprint density at radius 2 is 2.05 bits per heavy atom. The van der Waals surface area contributed by atoms with Crippen LogP contribution in [0.15, 0.2) is 30.3 Å². The van der Waals surface area contributed by atoms with Gasteiger partial charge in [0, 0.05) is 26.7 Å². The summed E-state index contributed by atoms with van der Waals surface area (Å²) in [4.78, 5) is 14.0. The Labute approximate surface area is 114 Å². The van der Waals surface area contributed by atoms with Crippen LogP contribution < -0.4 is 11.1 Å². The molecule has 0 aliphatic rings. The van der Waals surface area contributed by atoms with Crippen LogP contribution in [0.5, 0.6) is 0 Å². The third-order valence-electron chi connectivity index (χ3n) is 2.91. The first-order valence-corrected chi connectivity index (χ1v) is 6.41. The van der Waals surface area contributed by atoms with E-state index in [1.54, 1.807) is 7.11 Å². The fraction of sp³-hybridized carbons (Fsp3) is 0.500. The highest BCUT2D eigenvalue weighted by Gasteiger charge is 2.14. The van der Waals surface area contributed by atoms with Crippen molar-refractivity contribution in [3.63, 3.8) is 0 Å². The second-order valence-electron chi connectivity index (χ2n) is 4.48. The predicted molar refractivity (Wildman–Crippen MR) is 75.8 cm³/mol. The van der Waals surface area contributed by atoms with Gasteiger partial charge in [-0.3, -0.25) is 4.79 Å². The second-order valence-corrected chi connectivity index (χ2v) is 4.48. The molecule has 5 nitrogen and oxygen atoms in total. The molecule has 0 unspecified atom stereocenters. The van der Waals surface area contributed by atoms with Crippen LogP contribution in [0.25, 0.3) is 0 Å². The maximum absolute atomic E-state index is 11.9. The summed E-state index contributed by atoms with van der Waals surface area (Å²) in [7, 11) is 3.66. The summed E-state index contributed by atoms with van der Waals surface area (Å²) in [5.74, 6) is -0.147. The van der Waals surface area contributed by atoms with Gasteiger partial charge in [0.15, 0.2) is 0 Å². The maximum atomic E-state index is 11.9. The average molecular weight is 265 g/mol. The molecule has 3 N–H and O–H groups in total. The SMILES string of the molecule is COCCN(C)CCNC(=O)[C@H](N)c1ccccc1. The van der Waals surface area contributed by atoms with Crippen LogP contribution in [0, 0.1) is 0 Å². The van der Waals surface area contributed by atoms with Gasteiger partial charge >= 0.3 is 0 Å². The van der Waals surface area contributed by atoms with E-state index in [1.807, 2.05) is 37.4 Å². The van der Waals surface area contributed by atoms with E-state index < -0.39 is 6.04 Å². The normalized spacial score (nSPS) is 12.4. The van der Waals surface area contributed by atoms with Crippen molar-refractivity contribution < 1.29 is 9.53 Å². The number of hydrogen-bond donors (Lipinski definition) is 2. The molecule has 0 heterocycles. The molecule has 0 spiro atoms. The third-order valence-corrected chi connectivity index (χ3v) is 2.91. The van der Waals surface area contributed by atoms with Gasteiger partial charge in [-0.15, -0.1) is 0 Å². The lowest BCUT2D eigenvalue weighted by molar-refractivity contribution is -0.122. The number of benzene rings is 1. The lowest BCUT2D eigenvalue weighted by Crippen LogP contribution is -2.39. The van der Waals surface area contributed by atoms with E-state index in [4.69, 9.17) is 10.5 Å². The zero-order valence-electron chi connectivity index (χ0n) is 11.6. The lowest BCUT2D eigenvalue weighted by atomic mass is 10.1. The van der Waals surface area contributed by atoms with Crippen molar-refractivity contribution in [2.45, 2.75) is 6.04 Å². The molecule has 0 saturated carbocycles. The summed E-state index contributed by atoms with van der Waals surface area (Å²) in [5.41, 5.74) is 6.72. The minimum absolute atomic E-state index is 0.147. The summed E-state index contributed by atoms with van der Waals surface area (Å²) >= 11 is 0. The highest BCUT2D eigenvalue weighted by atomic mass is 16.5. The molecule has 5 heteroatoms. The first-order valence-electron chi connectivity index (χ1n) is 6.41. The number of methoxy groups -OCH3 is 1. The average Bonchev–Trinajstić information content (AvgIpc) is 2.45. The number of hydrogen-bond acceptors (Lipinski definition) is 4. The van der Waals surface area contributed by atoms with Crippen LogP contribution in [-0.2, 0) is 9.53 Å². The zero-order valence-corrected chi connectivity index (χ0v) is 11.6. The number of nitrogens with two attached hydrogens (primary N) is 1. The Bertz CT molecular complexity index is 370. The number of likely N-dealkylation sites (N-methyl/N-ethyl adjacent to an activating group) is 1. The van der Waals surface area contributed by atoms with Gasteiger partial charge in [0.05, 0.1) is 6.61 Å². The van der Waals surface area contributed by atoms with Gasteiger partial charge < -0.3 is 20.7 Å². The van der Waals surface area contributed by atoms with Gasteiger partial charge in [0.1, 0.15) is 6.04 Å². The van der Waals surface area contributed by atoms with Gasteiger partial charge in [0.2, 0.25) is 5.91 Å². The first kappa shape index (κ1) is 15.6. The molecule has 1 aromatic rings. The maximum Gasteiger partial charge on any atom is 0.241 e. The molecular formula is C14H23N3O2. The number of ether oxygens (including phenoxy) is 1. The fourth-order valence-electron chi connectivity index (χ4n) is 1.65. The number of carbonyl (C=O) groups is 1. The molecule has 19 heavy (non-hydrogen) atoms. The summed E-state index contributed by atoms with van der Waals surface area (Å²) in [6.45, 7) is 2.89. The molecule has 1 aromatic carbocycles. The molecule has 1 amide bonds. The van der Waals surface area contributed by atoms with Gasteiger partial charge in [-0.25, -0.2) is 0 Å². The van der Waals surface area contributed by atoms with Crippen molar-refractivity contribution in [1.82, 2.24) is 10.2 Å². The Morgan fingerprint density at radius 3 is 2.68 bits per heavy atom. The van der Waals surface area contributed by atoms with Crippen molar-refractivity contribution in [3.8, 4) is 0 Å². The van der Waals surface area contributed by atoms with E-state index in [0.717, 1.165) is 18.7 Å². The second kappa shape index (κ2) is 8.63. The monoisotopic (exact) mass is 265 g/mol. The largest absolute Gasteiger partial charge is 0.383 e. The molecule has 1 rings (SSSR count). The highest BCUT2D eigenvalue weighted by Crippen LogP contribution is 2.08. The summed E-state index contributed by atoms with van der Waals surface area (Å²) < 4.78 is 4.99. The molecule has 0 aliphatic heterocycles. The van der Waals surface area contributed by atoms with Crippen LogP contribution >= 0.6 is 0 Å². The van der Waals surface area contributed by atoms with Gasteiger partial charge in [0.25, 0.3) is 0 Å². The number of rotatable bonds is 8. The molecule has 0 saturated heterocycles. The predicted octanol–water partition coefficient (Wildman–Crippen LogP) is 0.381. The standard InChI is InChI=1S/C14H23N3O2/c1-17(10-11-19-2)9-8-16-14(18)13(15)12-6-4-3-5-7-12/h3-7,13H,8-11,15H2,1-2H3,(H,16,18)/t13-/m1/s1. The number of carbonyl (C=O) groups excluding carboxylic acids is 1. The van der Waals surface area contributed by atoms with E-state index in [9.17, 15) is 4.79 Å². The van der Waals surface area contributed by atoms with E-state index >= 15 is 0 Å². The van der Waals surface area contributed by atoms with Crippen LogP contribution in [0.4, 0.5) is 0 Å². The minimum Gasteiger partial charge on any atom is -0.383 e. The fourth-order valence-corrected chi connectivity index (χ4v) is 1.65. The van der Waals surface area contributed by atoms with Crippen molar-refractivity contribution in [1.29, 1.82) is 0 Å². The Morgan fingerprint density at radius 1 is 1.37 bits per heavy atom.